The normalized spacial score (nSPS) is 11.0. The van der Waals surface area contributed by atoms with Crippen LogP contribution in [0.4, 0.5) is 10.5 Å². The molecule has 0 aliphatic heterocycles. The lowest BCUT2D eigenvalue weighted by Gasteiger charge is -2.25. The van der Waals surface area contributed by atoms with Crippen LogP contribution in [0.3, 0.4) is 0 Å². The number of aliphatic carboxylic acids is 1. The molecule has 0 fully saturated rings. The lowest BCUT2D eigenvalue weighted by molar-refractivity contribution is -0.137. The summed E-state index contributed by atoms with van der Waals surface area (Å²) in [6, 6.07) is 7.21. The Hall–Kier alpha value is -2.04. The van der Waals surface area contributed by atoms with Crippen LogP contribution in [0.15, 0.2) is 24.3 Å². The molecular weight excluding hydrogens is 268 g/mol. The first kappa shape index (κ1) is 17.0. The number of para-hydroxylation sites is 1. The Bertz CT molecular complexity index is 506. The molecule has 1 aromatic rings. The molecule has 21 heavy (non-hydrogen) atoms. The first-order chi connectivity index (χ1) is 9.75. The lowest BCUT2D eigenvalue weighted by atomic mass is 9.86. The van der Waals surface area contributed by atoms with E-state index in [9.17, 15) is 9.59 Å². The van der Waals surface area contributed by atoms with Crippen LogP contribution in [0.25, 0.3) is 0 Å². The number of carbonyl (C=O) groups excluding carboxylic acids is 1. The van der Waals surface area contributed by atoms with Gasteiger partial charge in [0.1, 0.15) is 6.54 Å². The van der Waals surface area contributed by atoms with Gasteiger partial charge in [0.2, 0.25) is 0 Å². The van der Waals surface area contributed by atoms with Crippen molar-refractivity contribution >= 4 is 17.7 Å². The smallest absolute Gasteiger partial charge is 0.323 e. The van der Waals surface area contributed by atoms with Crippen LogP contribution in [0.2, 0.25) is 0 Å². The number of urea groups is 1. The predicted molar refractivity (Wildman–Crippen MR) is 83.7 cm³/mol. The van der Waals surface area contributed by atoms with Crippen molar-refractivity contribution in [3.05, 3.63) is 29.8 Å². The molecule has 0 unspecified atom stereocenters. The highest BCUT2D eigenvalue weighted by molar-refractivity contribution is 5.92. The van der Waals surface area contributed by atoms with Crippen molar-refractivity contribution < 1.29 is 14.7 Å². The van der Waals surface area contributed by atoms with E-state index < -0.39 is 5.97 Å². The molecule has 2 N–H and O–H groups in total. The van der Waals surface area contributed by atoms with E-state index in [1.165, 1.54) is 4.90 Å². The summed E-state index contributed by atoms with van der Waals surface area (Å²) in [7, 11) is 0. The van der Waals surface area contributed by atoms with Crippen LogP contribution in [-0.2, 0) is 10.2 Å². The quantitative estimate of drug-likeness (QED) is 0.874. The maximum absolute atomic E-state index is 12.3. The van der Waals surface area contributed by atoms with Crippen LogP contribution in [0.1, 0.15) is 39.7 Å². The van der Waals surface area contributed by atoms with Gasteiger partial charge in [-0.1, -0.05) is 45.9 Å². The number of carbonyl (C=O) groups is 2. The van der Waals surface area contributed by atoms with Crippen LogP contribution in [0.5, 0.6) is 0 Å². The summed E-state index contributed by atoms with van der Waals surface area (Å²) in [5.41, 5.74) is 1.64. The van der Waals surface area contributed by atoms with Gasteiger partial charge in [-0.2, -0.15) is 0 Å². The number of hydrogen-bond donors (Lipinski definition) is 2. The fraction of sp³-hybridized carbons (Fsp3) is 0.500. The summed E-state index contributed by atoms with van der Waals surface area (Å²) >= 11 is 0. The number of nitrogens with zero attached hydrogens (tertiary/aromatic N) is 1. The Morgan fingerprint density at radius 1 is 1.24 bits per heavy atom. The van der Waals surface area contributed by atoms with Gasteiger partial charge in [-0.3, -0.25) is 4.79 Å². The Kier molecular flexibility index (Phi) is 5.76. The van der Waals surface area contributed by atoms with Gasteiger partial charge < -0.3 is 15.3 Å². The molecule has 0 aliphatic rings. The first-order valence-electron chi connectivity index (χ1n) is 7.13. The van der Waals surface area contributed by atoms with Crippen molar-refractivity contribution in [1.82, 2.24) is 4.90 Å². The number of nitrogens with one attached hydrogen (secondary N) is 1. The van der Waals surface area contributed by atoms with E-state index >= 15 is 0 Å². The summed E-state index contributed by atoms with van der Waals surface area (Å²) in [6.45, 7) is 8.23. The molecule has 1 rings (SSSR count). The summed E-state index contributed by atoms with van der Waals surface area (Å²) < 4.78 is 0. The maximum atomic E-state index is 12.3. The van der Waals surface area contributed by atoms with Crippen molar-refractivity contribution in [1.29, 1.82) is 0 Å². The van der Waals surface area contributed by atoms with Gasteiger partial charge in [-0.15, -0.1) is 0 Å². The molecule has 0 bridgehead atoms. The van der Waals surface area contributed by atoms with Gasteiger partial charge in [0, 0.05) is 12.2 Å². The number of carboxylic acids is 1. The molecule has 2 amide bonds. The van der Waals surface area contributed by atoms with E-state index in [0.29, 0.717) is 13.0 Å². The molecule has 0 atom stereocenters. The van der Waals surface area contributed by atoms with E-state index in [4.69, 9.17) is 5.11 Å². The summed E-state index contributed by atoms with van der Waals surface area (Å²) in [5.74, 6) is -1.01. The molecular formula is C16H24N2O3. The molecule has 116 valence electrons. The maximum Gasteiger partial charge on any atom is 0.323 e. The molecule has 5 heteroatoms. The molecule has 0 aliphatic carbocycles. The number of carboxylic acid groups (broad SMARTS) is 1. The van der Waals surface area contributed by atoms with E-state index in [2.05, 4.69) is 26.1 Å². The molecule has 1 aromatic carbocycles. The summed E-state index contributed by atoms with van der Waals surface area (Å²) in [5, 5.41) is 11.7. The number of anilines is 1. The number of hydrogen-bond acceptors (Lipinski definition) is 2. The van der Waals surface area contributed by atoms with Crippen molar-refractivity contribution in [2.24, 2.45) is 0 Å². The third-order valence-electron chi connectivity index (χ3n) is 3.08. The molecule has 0 spiro atoms. The molecule has 0 heterocycles. The topological polar surface area (TPSA) is 69.6 Å². The van der Waals surface area contributed by atoms with Crippen LogP contribution >= 0.6 is 0 Å². The monoisotopic (exact) mass is 292 g/mol. The summed E-state index contributed by atoms with van der Waals surface area (Å²) in [4.78, 5) is 24.4. The van der Waals surface area contributed by atoms with Crippen LogP contribution < -0.4 is 5.32 Å². The van der Waals surface area contributed by atoms with Crippen molar-refractivity contribution in [2.75, 3.05) is 18.4 Å². The highest BCUT2D eigenvalue weighted by Crippen LogP contribution is 2.29. The minimum atomic E-state index is -1.01. The second kappa shape index (κ2) is 7.11. The van der Waals surface area contributed by atoms with Crippen molar-refractivity contribution in [2.45, 2.75) is 39.5 Å². The standard InChI is InChI=1S/C16H24N2O3/c1-5-10-18(11-14(19)20)15(21)17-13-9-7-6-8-12(13)16(2,3)4/h6-9H,5,10-11H2,1-4H3,(H,17,21)(H,19,20). The number of amides is 2. The highest BCUT2D eigenvalue weighted by atomic mass is 16.4. The molecule has 5 nitrogen and oxygen atoms in total. The average molecular weight is 292 g/mol. The second-order valence-corrected chi connectivity index (χ2v) is 6.04. The predicted octanol–water partition coefficient (Wildman–Crippen LogP) is 3.31. The first-order valence-corrected chi connectivity index (χ1v) is 7.13. The van der Waals surface area contributed by atoms with Crippen molar-refractivity contribution in [3.8, 4) is 0 Å². The highest BCUT2D eigenvalue weighted by Gasteiger charge is 2.21. The average Bonchev–Trinajstić information content (AvgIpc) is 2.37. The zero-order valence-electron chi connectivity index (χ0n) is 13.1. The fourth-order valence-electron chi connectivity index (χ4n) is 2.13. The summed E-state index contributed by atoms with van der Waals surface area (Å²) in [6.07, 6.45) is 0.710. The van der Waals surface area contributed by atoms with Gasteiger partial charge in [0.05, 0.1) is 0 Å². The number of benzene rings is 1. The third kappa shape index (κ3) is 5.10. The van der Waals surface area contributed by atoms with E-state index in [1.807, 2.05) is 31.2 Å². The van der Waals surface area contributed by atoms with Crippen LogP contribution in [0, 0.1) is 0 Å². The van der Waals surface area contributed by atoms with Crippen LogP contribution in [-0.4, -0.2) is 35.1 Å². The minimum Gasteiger partial charge on any atom is -0.480 e. The molecule has 0 aromatic heterocycles. The van der Waals surface area contributed by atoms with Gasteiger partial charge in [-0.05, 0) is 23.5 Å². The van der Waals surface area contributed by atoms with Gasteiger partial charge >= 0.3 is 12.0 Å². The lowest BCUT2D eigenvalue weighted by Crippen LogP contribution is -2.39. The van der Waals surface area contributed by atoms with E-state index in [0.717, 1.165) is 11.3 Å². The Morgan fingerprint density at radius 3 is 2.38 bits per heavy atom. The zero-order chi connectivity index (χ0) is 16.0. The fourth-order valence-corrected chi connectivity index (χ4v) is 2.13. The van der Waals surface area contributed by atoms with Gasteiger partial charge in [0.25, 0.3) is 0 Å². The van der Waals surface area contributed by atoms with Gasteiger partial charge in [0.15, 0.2) is 0 Å². The molecule has 0 saturated carbocycles. The Morgan fingerprint density at radius 2 is 1.86 bits per heavy atom. The SMILES string of the molecule is CCCN(CC(=O)O)C(=O)Nc1ccccc1C(C)(C)C. The van der Waals surface area contributed by atoms with E-state index in [1.54, 1.807) is 0 Å². The zero-order valence-corrected chi connectivity index (χ0v) is 13.1. The third-order valence-corrected chi connectivity index (χ3v) is 3.08. The Balaban J connectivity index is 2.94. The van der Waals surface area contributed by atoms with E-state index in [-0.39, 0.29) is 18.0 Å². The van der Waals surface area contributed by atoms with Gasteiger partial charge in [-0.25, -0.2) is 4.79 Å². The Labute approximate surface area is 126 Å². The second-order valence-electron chi connectivity index (χ2n) is 6.04. The van der Waals surface area contributed by atoms with Crippen molar-refractivity contribution in [3.63, 3.8) is 0 Å². The molecule has 0 saturated heterocycles. The largest absolute Gasteiger partial charge is 0.480 e. The number of rotatable bonds is 5. The molecule has 0 radical (unpaired) electrons. The minimum absolute atomic E-state index is 0.105.